The SMILES string of the molecule is Nc1ncnc2nc(CC3(C(=O)O)CCCC3)[nH]c12. The van der Waals surface area contributed by atoms with E-state index in [0.717, 1.165) is 12.8 Å². The monoisotopic (exact) mass is 261 g/mol. The molecule has 7 heteroatoms. The zero-order chi connectivity index (χ0) is 13.5. The first-order valence-corrected chi connectivity index (χ1v) is 6.29. The molecule has 7 nitrogen and oxygen atoms in total. The summed E-state index contributed by atoms with van der Waals surface area (Å²) >= 11 is 0. The van der Waals surface area contributed by atoms with Gasteiger partial charge in [0, 0.05) is 6.42 Å². The third-order valence-electron chi connectivity index (χ3n) is 3.89. The summed E-state index contributed by atoms with van der Waals surface area (Å²) in [5, 5.41) is 9.46. The third kappa shape index (κ3) is 1.91. The summed E-state index contributed by atoms with van der Waals surface area (Å²) in [4.78, 5) is 26.8. The van der Waals surface area contributed by atoms with E-state index in [1.165, 1.54) is 6.33 Å². The molecule has 3 rings (SSSR count). The van der Waals surface area contributed by atoms with Crippen LogP contribution in [0.25, 0.3) is 11.2 Å². The van der Waals surface area contributed by atoms with Crippen LogP contribution >= 0.6 is 0 Å². The number of aliphatic carboxylic acids is 1. The number of nitrogens with zero attached hydrogens (tertiary/aromatic N) is 3. The largest absolute Gasteiger partial charge is 0.481 e. The summed E-state index contributed by atoms with van der Waals surface area (Å²) in [6, 6.07) is 0. The van der Waals surface area contributed by atoms with Gasteiger partial charge in [-0.1, -0.05) is 12.8 Å². The standard InChI is InChI=1S/C12H15N5O2/c13-9-8-10(15-6-14-9)17-7(16-8)5-12(11(18)19)3-1-2-4-12/h6H,1-5H2,(H,18,19)(H3,13,14,15,16,17). The molecule has 0 saturated heterocycles. The van der Waals surface area contributed by atoms with Crippen LogP contribution in [0.15, 0.2) is 6.33 Å². The lowest BCUT2D eigenvalue weighted by atomic mass is 9.82. The second-order valence-electron chi connectivity index (χ2n) is 5.11. The molecular weight excluding hydrogens is 246 g/mol. The molecule has 19 heavy (non-hydrogen) atoms. The topological polar surface area (TPSA) is 118 Å². The second-order valence-corrected chi connectivity index (χ2v) is 5.11. The van der Waals surface area contributed by atoms with Gasteiger partial charge < -0.3 is 15.8 Å². The fraction of sp³-hybridized carbons (Fsp3) is 0.500. The van der Waals surface area contributed by atoms with E-state index in [9.17, 15) is 9.90 Å². The van der Waals surface area contributed by atoms with Gasteiger partial charge in [-0.05, 0) is 12.8 Å². The Bertz CT molecular complexity index is 630. The number of rotatable bonds is 3. The average molecular weight is 261 g/mol. The van der Waals surface area contributed by atoms with Gasteiger partial charge >= 0.3 is 5.97 Å². The lowest BCUT2D eigenvalue weighted by molar-refractivity contribution is -0.148. The molecule has 1 aliphatic rings. The number of nitrogen functional groups attached to an aromatic ring is 1. The van der Waals surface area contributed by atoms with Crippen LogP contribution in [0.1, 0.15) is 31.5 Å². The molecule has 1 fully saturated rings. The van der Waals surface area contributed by atoms with Gasteiger partial charge in [-0.2, -0.15) is 0 Å². The Morgan fingerprint density at radius 3 is 2.79 bits per heavy atom. The van der Waals surface area contributed by atoms with Gasteiger partial charge in [-0.25, -0.2) is 15.0 Å². The van der Waals surface area contributed by atoms with Crippen LogP contribution in [0.2, 0.25) is 0 Å². The zero-order valence-electron chi connectivity index (χ0n) is 10.4. The minimum atomic E-state index is -0.746. The van der Waals surface area contributed by atoms with E-state index in [1.807, 2.05) is 0 Å². The van der Waals surface area contributed by atoms with E-state index >= 15 is 0 Å². The van der Waals surface area contributed by atoms with Gasteiger partial charge in [0.05, 0.1) is 5.41 Å². The highest BCUT2D eigenvalue weighted by molar-refractivity contribution is 5.81. The van der Waals surface area contributed by atoms with Crippen molar-refractivity contribution in [3.05, 3.63) is 12.2 Å². The van der Waals surface area contributed by atoms with Gasteiger partial charge in [-0.15, -0.1) is 0 Å². The lowest BCUT2D eigenvalue weighted by Gasteiger charge is -2.22. The molecule has 4 N–H and O–H groups in total. The Labute approximate surface area is 109 Å². The Kier molecular flexibility index (Phi) is 2.62. The van der Waals surface area contributed by atoms with Gasteiger partial charge in [-0.3, -0.25) is 4.79 Å². The number of carboxylic acids is 1. The van der Waals surface area contributed by atoms with Crippen molar-refractivity contribution in [3.63, 3.8) is 0 Å². The van der Waals surface area contributed by atoms with Crippen LogP contribution in [0.3, 0.4) is 0 Å². The summed E-state index contributed by atoms with van der Waals surface area (Å²) in [5.41, 5.74) is 6.10. The molecule has 0 bridgehead atoms. The second kappa shape index (κ2) is 4.18. The van der Waals surface area contributed by atoms with Crippen molar-refractivity contribution in [2.75, 3.05) is 5.73 Å². The fourth-order valence-corrected chi connectivity index (χ4v) is 2.82. The Morgan fingerprint density at radius 2 is 2.16 bits per heavy atom. The molecule has 0 atom stereocenters. The number of imidazole rings is 1. The van der Waals surface area contributed by atoms with E-state index in [2.05, 4.69) is 19.9 Å². The molecule has 2 aromatic rings. The summed E-state index contributed by atoms with van der Waals surface area (Å²) in [6.45, 7) is 0. The first kappa shape index (κ1) is 11.9. The molecule has 0 aliphatic heterocycles. The van der Waals surface area contributed by atoms with Crippen molar-refractivity contribution in [3.8, 4) is 0 Å². The molecular formula is C12H15N5O2. The number of carboxylic acid groups (broad SMARTS) is 1. The smallest absolute Gasteiger partial charge is 0.310 e. The molecule has 0 radical (unpaired) electrons. The minimum absolute atomic E-state index is 0.333. The highest BCUT2D eigenvalue weighted by Gasteiger charge is 2.42. The van der Waals surface area contributed by atoms with E-state index in [-0.39, 0.29) is 0 Å². The number of anilines is 1. The van der Waals surface area contributed by atoms with Gasteiger partial charge in [0.15, 0.2) is 11.5 Å². The number of nitrogens with two attached hydrogens (primary N) is 1. The Morgan fingerprint density at radius 1 is 1.42 bits per heavy atom. The molecule has 2 heterocycles. The van der Waals surface area contributed by atoms with Crippen LogP contribution in [0.5, 0.6) is 0 Å². The maximum Gasteiger partial charge on any atom is 0.310 e. The summed E-state index contributed by atoms with van der Waals surface area (Å²) in [5.74, 6) is 0.204. The number of hydrogen-bond acceptors (Lipinski definition) is 5. The molecule has 1 saturated carbocycles. The molecule has 0 spiro atoms. The summed E-state index contributed by atoms with van der Waals surface area (Å²) in [6.07, 6.45) is 5.03. The third-order valence-corrected chi connectivity index (χ3v) is 3.89. The number of fused-ring (bicyclic) bond motifs is 1. The quantitative estimate of drug-likeness (QED) is 0.762. The Balaban J connectivity index is 1.96. The number of H-pyrrole nitrogens is 1. The molecule has 1 aliphatic carbocycles. The van der Waals surface area contributed by atoms with Crippen molar-refractivity contribution in [2.45, 2.75) is 32.1 Å². The number of aromatic amines is 1. The van der Waals surface area contributed by atoms with Crippen molar-refractivity contribution in [2.24, 2.45) is 5.41 Å². The molecule has 0 aromatic carbocycles. The predicted octanol–water partition coefficient (Wildman–Crippen LogP) is 1.12. The van der Waals surface area contributed by atoms with Gasteiger partial charge in [0.2, 0.25) is 0 Å². The van der Waals surface area contributed by atoms with Crippen molar-refractivity contribution >= 4 is 23.0 Å². The minimum Gasteiger partial charge on any atom is -0.481 e. The van der Waals surface area contributed by atoms with Crippen LogP contribution in [-0.2, 0) is 11.2 Å². The van der Waals surface area contributed by atoms with Crippen LogP contribution in [-0.4, -0.2) is 31.0 Å². The summed E-state index contributed by atoms with van der Waals surface area (Å²) in [7, 11) is 0. The predicted molar refractivity (Wildman–Crippen MR) is 68.3 cm³/mol. The number of aromatic nitrogens is 4. The van der Waals surface area contributed by atoms with E-state index < -0.39 is 11.4 Å². The summed E-state index contributed by atoms with van der Waals surface area (Å²) < 4.78 is 0. The van der Waals surface area contributed by atoms with Crippen molar-refractivity contribution in [1.82, 2.24) is 19.9 Å². The molecule has 0 unspecified atom stereocenters. The van der Waals surface area contributed by atoms with Gasteiger partial charge in [0.1, 0.15) is 17.7 Å². The molecule has 100 valence electrons. The Hall–Kier alpha value is -2.18. The zero-order valence-corrected chi connectivity index (χ0v) is 10.4. The highest BCUT2D eigenvalue weighted by Crippen LogP contribution is 2.41. The van der Waals surface area contributed by atoms with E-state index in [0.29, 0.717) is 42.1 Å². The maximum absolute atomic E-state index is 11.5. The van der Waals surface area contributed by atoms with Crippen LogP contribution in [0, 0.1) is 5.41 Å². The molecule has 2 aromatic heterocycles. The molecule has 0 amide bonds. The van der Waals surface area contributed by atoms with Crippen LogP contribution < -0.4 is 5.73 Å². The normalized spacial score (nSPS) is 17.9. The number of nitrogens with one attached hydrogen (secondary N) is 1. The fourth-order valence-electron chi connectivity index (χ4n) is 2.82. The lowest BCUT2D eigenvalue weighted by Crippen LogP contribution is -2.30. The van der Waals surface area contributed by atoms with Crippen molar-refractivity contribution < 1.29 is 9.90 Å². The average Bonchev–Trinajstić information content (AvgIpc) is 2.97. The maximum atomic E-state index is 11.5. The first-order chi connectivity index (χ1) is 9.11. The number of carbonyl (C=O) groups is 1. The first-order valence-electron chi connectivity index (χ1n) is 6.29. The van der Waals surface area contributed by atoms with E-state index in [4.69, 9.17) is 5.73 Å². The number of hydrogen-bond donors (Lipinski definition) is 3. The van der Waals surface area contributed by atoms with Crippen molar-refractivity contribution in [1.29, 1.82) is 0 Å². The van der Waals surface area contributed by atoms with Crippen LogP contribution in [0.4, 0.5) is 5.82 Å². The highest BCUT2D eigenvalue weighted by atomic mass is 16.4. The van der Waals surface area contributed by atoms with Gasteiger partial charge in [0.25, 0.3) is 0 Å². The van der Waals surface area contributed by atoms with E-state index in [1.54, 1.807) is 0 Å².